The summed E-state index contributed by atoms with van der Waals surface area (Å²) in [6, 6.07) is 6.63. The minimum atomic E-state index is -0.269. The van der Waals surface area contributed by atoms with Crippen molar-refractivity contribution in [3.63, 3.8) is 0 Å². The molecule has 31 heavy (non-hydrogen) atoms. The molecule has 2 saturated carbocycles. The van der Waals surface area contributed by atoms with Crippen LogP contribution in [0.5, 0.6) is 0 Å². The SMILES string of the molecule is C/C=C\CCCC(=O)OC.N#C[C@@H]1CCC(/C=C/CC(O)C2(c3cccs3)CCC2)C1. The molecule has 2 unspecified atom stereocenters. The number of thiophene rings is 1. The summed E-state index contributed by atoms with van der Waals surface area (Å²) in [5, 5.41) is 21.7. The predicted molar refractivity (Wildman–Crippen MR) is 127 cm³/mol. The molecule has 1 aromatic rings. The van der Waals surface area contributed by atoms with Crippen molar-refractivity contribution in [2.75, 3.05) is 7.11 Å². The van der Waals surface area contributed by atoms with Crippen molar-refractivity contribution in [3.05, 3.63) is 46.7 Å². The van der Waals surface area contributed by atoms with Gasteiger partial charge in [0, 0.05) is 22.6 Å². The first kappa shape index (κ1) is 25.4. The normalized spacial score (nSPS) is 23.0. The number of aliphatic hydroxyl groups is 1. The maximum absolute atomic E-state index is 10.7. The summed E-state index contributed by atoms with van der Waals surface area (Å²) in [6.45, 7) is 1.97. The minimum Gasteiger partial charge on any atom is -0.469 e. The molecule has 3 atom stereocenters. The van der Waals surface area contributed by atoms with Crippen molar-refractivity contribution in [3.8, 4) is 6.07 Å². The number of carbonyl (C=O) groups is 1. The number of hydrogen-bond acceptors (Lipinski definition) is 5. The fourth-order valence-corrected chi connectivity index (χ4v) is 5.47. The summed E-state index contributed by atoms with van der Waals surface area (Å²) in [4.78, 5) is 11.9. The Bertz CT molecular complexity index is 743. The summed E-state index contributed by atoms with van der Waals surface area (Å²) < 4.78 is 4.47. The van der Waals surface area contributed by atoms with E-state index in [2.05, 4.69) is 40.5 Å². The minimum absolute atomic E-state index is 0.0172. The molecule has 1 aromatic heterocycles. The third-order valence-electron chi connectivity index (χ3n) is 6.53. The lowest BCUT2D eigenvalue weighted by molar-refractivity contribution is -0.140. The zero-order chi connectivity index (χ0) is 22.5. The smallest absolute Gasteiger partial charge is 0.305 e. The first-order valence-electron chi connectivity index (χ1n) is 11.5. The van der Waals surface area contributed by atoms with Gasteiger partial charge in [-0.1, -0.05) is 36.8 Å². The number of allylic oxidation sites excluding steroid dienone is 3. The lowest BCUT2D eigenvalue weighted by Gasteiger charge is -2.44. The van der Waals surface area contributed by atoms with Gasteiger partial charge in [-0.05, 0) is 75.7 Å². The van der Waals surface area contributed by atoms with Crippen LogP contribution >= 0.6 is 11.3 Å². The molecule has 0 spiro atoms. The Kier molecular flexibility index (Phi) is 11.0. The van der Waals surface area contributed by atoms with Crippen LogP contribution in [0.1, 0.15) is 76.0 Å². The number of carbonyl (C=O) groups excluding carboxylic acids is 1. The maximum Gasteiger partial charge on any atom is 0.305 e. The second kappa shape index (κ2) is 13.5. The first-order chi connectivity index (χ1) is 15.1. The van der Waals surface area contributed by atoms with Crippen LogP contribution in [0.25, 0.3) is 0 Å². The highest BCUT2D eigenvalue weighted by Gasteiger charge is 2.45. The molecule has 0 amide bonds. The van der Waals surface area contributed by atoms with E-state index >= 15 is 0 Å². The third-order valence-corrected chi connectivity index (χ3v) is 7.62. The van der Waals surface area contributed by atoms with Gasteiger partial charge in [-0.15, -0.1) is 11.3 Å². The summed E-state index contributed by atoms with van der Waals surface area (Å²) in [7, 11) is 1.41. The molecule has 0 aromatic carbocycles. The van der Waals surface area contributed by atoms with Crippen molar-refractivity contribution >= 4 is 17.3 Å². The van der Waals surface area contributed by atoms with E-state index in [1.54, 1.807) is 11.3 Å². The Morgan fingerprint density at radius 3 is 2.77 bits per heavy atom. The molecule has 4 nitrogen and oxygen atoms in total. The molecule has 2 aliphatic rings. The molecular formula is C26H37NO3S. The van der Waals surface area contributed by atoms with Crippen molar-refractivity contribution in [2.24, 2.45) is 11.8 Å². The van der Waals surface area contributed by atoms with Crippen molar-refractivity contribution in [1.29, 1.82) is 5.26 Å². The second-order valence-electron chi connectivity index (χ2n) is 8.60. The highest BCUT2D eigenvalue weighted by molar-refractivity contribution is 7.10. The average molecular weight is 444 g/mol. The molecule has 1 N–H and O–H groups in total. The fraction of sp³-hybridized carbons (Fsp3) is 0.615. The quantitative estimate of drug-likeness (QED) is 0.275. The van der Waals surface area contributed by atoms with Gasteiger partial charge < -0.3 is 9.84 Å². The van der Waals surface area contributed by atoms with E-state index in [4.69, 9.17) is 5.26 Å². The van der Waals surface area contributed by atoms with Gasteiger partial charge in [-0.25, -0.2) is 0 Å². The Balaban J connectivity index is 0.000000291. The zero-order valence-electron chi connectivity index (χ0n) is 19.0. The number of esters is 1. The Morgan fingerprint density at radius 1 is 1.42 bits per heavy atom. The van der Waals surface area contributed by atoms with E-state index in [1.165, 1.54) is 18.4 Å². The van der Waals surface area contributed by atoms with Gasteiger partial charge in [-0.2, -0.15) is 5.26 Å². The standard InChI is InChI=1S/C18H23NOS.C8H14O2/c19-13-15-8-7-14(12-15)4-1-5-16(20)18(9-3-10-18)17-6-2-11-21-17;1-3-4-5-6-7-8(9)10-2/h1-2,4,6,11,14-16,20H,3,5,7-10,12H2;3-4H,5-7H2,1-2H3/b4-1+;4-3-/t14?,15-,16?;/m1./s1. The Morgan fingerprint density at radius 2 is 2.23 bits per heavy atom. The molecule has 5 heteroatoms. The number of hydrogen-bond donors (Lipinski definition) is 1. The number of nitrogens with zero attached hydrogens (tertiary/aromatic N) is 1. The fourth-order valence-electron chi connectivity index (χ4n) is 4.43. The van der Waals surface area contributed by atoms with Crippen LogP contribution in [0.3, 0.4) is 0 Å². The molecule has 2 aliphatic carbocycles. The van der Waals surface area contributed by atoms with Crippen LogP contribution < -0.4 is 0 Å². The number of ether oxygens (including phenoxy) is 1. The van der Waals surface area contributed by atoms with Crippen LogP contribution in [-0.2, 0) is 14.9 Å². The third kappa shape index (κ3) is 7.63. The molecule has 0 aliphatic heterocycles. The van der Waals surface area contributed by atoms with Crippen molar-refractivity contribution in [1.82, 2.24) is 0 Å². The van der Waals surface area contributed by atoms with Gasteiger partial charge >= 0.3 is 5.97 Å². The second-order valence-corrected chi connectivity index (χ2v) is 9.55. The van der Waals surface area contributed by atoms with Gasteiger partial charge in [0.15, 0.2) is 0 Å². The highest BCUT2D eigenvalue weighted by Crippen LogP contribution is 2.49. The van der Waals surface area contributed by atoms with Gasteiger partial charge in [0.25, 0.3) is 0 Å². The van der Waals surface area contributed by atoms with E-state index < -0.39 is 0 Å². The van der Waals surface area contributed by atoms with Crippen LogP contribution in [0, 0.1) is 23.2 Å². The Hall–Kier alpha value is -1.90. The molecule has 0 saturated heterocycles. The largest absolute Gasteiger partial charge is 0.469 e. The number of aliphatic hydroxyl groups excluding tert-OH is 1. The molecule has 3 rings (SSSR count). The molecular weight excluding hydrogens is 406 g/mol. The highest BCUT2D eigenvalue weighted by atomic mass is 32.1. The van der Waals surface area contributed by atoms with Crippen LogP contribution in [0.2, 0.25) is 0 Å². The van der Waals surface area contributed by atoms with Gasteiger partial charge in [0.1, 0.15) is 0 Å². The maximum atomic E-state index is 10.7. The van der Waals surface area contributed by atoms with Crippen LogP contribution in [-0.4, -0.2) is 24.3 Å². The topological polar surface area (TPSA) is 70.3 Å². The molecule has 2 fully saturated rings. The van der Waals surface area contributed by atoms with Crippen LogP contribution in [0.15, 0.2) is 41.8 Å². The number of nitriles is 1. The number of unbranched alkanes of at least 4 members (excludes halogenated alkanes) is 1. The van der Waals surface area contributed by atoms with E-state index in [9.17, 15) is 9.90 Å². The van der Waals surface area contributed by atoms with Crippen molar-refractivity contribution < 1.29 is 14.6 Å². The monoisotopic (exact) mass is 443 g/mol. The molecule has 1 heterocycles. The lowest BCUT2D eigenvalue weighted by atomic mass is 9.63. The van der Waals surface area contributed by atoms with E-state index in [1.807, 2.05) is 19.1 Å². The zero-order valence-corrected chi connectivity index (χ0v) is 19.8. The predicted octanol–water partition coefficient (Wildman–Crippen LogP) is 6.32. The van der Waals surface area contributed by atoms with Crippen molar-refractivity contribution in [2.45, 2.75) is 82.7 Å². The summed E-state index contributed by atoms with van der Waals surface area (Å²) in [5.41, 5.74) is 0.0172. The lowest BCUT2D eigenvalue weighted by Crippen LogP contribution is -2.44. The molecule has 170 valence electrons. The van der Waals surface area contributed by atoms with Gasteiger partial charge in [-0.3, -0.25) is 4.79 Å². The number of rotatable bonds is 9. The molecule has 0 radical (unpaired) electrons. The Labute approximate surface area is 191 Å². The van der Waals surface area contributed by atoms with E-state index in [0.29, 0.717) is 12.3 Å². The van der Waals surface area contributed by atoms with Crippen LogP contribution in [0.4, 0.5) is 0 Å². The average Bonchev–Trinajstić information content (AvgIpc) is 3.43. The van der Waals surface area contributed by atoms with E-state index in [-0.39, 0.29) is 23.4 Å². The van der Waals surface area contributed by atoms with E-state index in [0.717, 1.165) is 51.4 Å². The molecule has 0 bridgehead atoms. The summed E-state index contributed by atoms with van der Waals surface area (Å²) >= 11 is 1.78. The number of methoxy groups -OCH3 is 1. The summed E-state index contributed by atoms with van der Waals surface area (Å²) in [5.74, 6) is 0.666. The van der Waals surface area contributed by atoms with Gasteiger partial charge in [0.05, 0.1) is 19.3 Å². The summed E-state index contributed by atoms with van der Waals surface area (Å²) in [6.07, 6.45) is 17.9. The first-order valence-corrected chi connectivity index (χ1v) is 12.4. The van der Waals surface area contributed by atoms with Gasteiger partial charge in [0.2, 0.25) is 0 Å².